The maximum Gasteiger partial charge on any atom is 0.253 e. The molecule has 1 amide bonds. The fraction of sp³-hybridized carbons (Fsp3) is 0.500. The highest BCUT2D eigenvalue weighted by atomic mass is 16.3. The molecule has 2 atom stereocenters. The Kier molecular flexibility index (Phi) is 3.79. The SMILES string of the molecule is CC(O)C1CCCN(C(=O)c2ccccc2)C1. The summed E-state index contributed by atoms with van der Waals surface area (Å²) in [6.07, 6.45) is 1.66. The van der Waals surface area contributed by atoms with Crippen LogP contribution in [0.3, 0.4) is 0 Å². The van der Waals surface area contributed by atoms with Crippen molar-refractivity contribution in [2.24, 2.45) is 5.92 Å². The smallest absolute Gasteiger partial charge is 0.253 e. The molecule has 0 radical (unpaired) electrons. The first-order valence-corrected chi connectivity index (χ1v) is 6.21. The van der Waals surface area contributed by atoms with E-state index in [1.807, 2.05) is 35.2 Å². The highest BCUT2D eigenvalue weighted by Gasteiger charge is 2.26. The lowest BCUT2D eigenvalue weighted by atomic mass is 9.93. The maximum absolute atomic E-state index is 12.2. The molecule has 2 rings (SSSR count). The molecule has 0 saturated carbocycles. The maximum atomic E-state index is 12.2. The van der Waals surface area contributed by atoms with Gasteiger partial charge in [0.25, 0.3) is 5.91 Å². The van der Waals surface area contributed by atoms with E-state index in [0.29, 0.717) is 6.54 Å². The van der Waals surface area contributed by atoms with E-state index in [9.17, 15) is 9.90 Å². The van der Waals surface area contributed by atoms with Crippen LogP contribution in [0.1, 0.15) is 30.1 Å². The number of hydrogen-bond acceptors (Lipinski definition) is 2. The number of carbonyl (C=O) groups is 1. The van der Waals surface area contributed by atoms with Gasteiger partial charge in [-0.15, -0.1) is 0 Å². The van der Waals surface area contributed by atoms with Crippen LogP contribution in [0, 0.1) is 5.92 Å². The summed E-state index contributed by atoms with van der Waals surface area (Å²) in [6, 6.07) is 9.35. The van der Waals surface area contributed by atoms with E-state index in [2.05, 4.69) is 0 Å². The summed E-state index contributed by atoms with van der Waals surface area (Å²) in [4.78, 5) is 14.1. The van der Waals surface area contributed by atoms with Crippen molar-refractivity contribution in [3.8, 4) is 0 Å². The van der Waals surface area contributed by atoms with Crippen molar-refractivity contribution < 1.29 is 9.90 Å². The Labute approximate surface area is 102 Å². The number of carbonyl (C=O) groups excluding carboxylic acids is 1. The fourth-order valence-electron chi connectivity index (χ4n) is 2.35. The predicted molar refractivity (Wildman–Crippen MR) is 66.8 cm³/mol. The van der Waals surface area contributed by atoms with E-state index < -0.39 is 0 Å². The highest BCUT2D eigenvalue weighted by Crippen LogP contribution is 2.21. The first-order valence-electron chi connectivity index (χ1n) is 6.21. The Hall–Kier alpha value is -1.35. The normalized spacial score (nSPS) is 22.2. The zero-order valence-electron chi connectivity index (χ0n) is 10.2. The van der Waals surface area contributed by atoms with Gasteiger partial charge in [0, 0.05) is 24.6 Å². The lowest BCUT2D eigenvalue weighted by Crippen LogP contribution is -2.42. The molecule has 3 nitrogen and oxygen atoms in total. The molecule has 1 aliphatic rings. The Bertz CT molecular complexity index is 375. The molecule has 1 heterocycles. The Morgan fingerprint density at radius 2 is 2.12 bits per heavy atom. The minimum atomic E-state index is -0.332. The van der Waals surface area contributed by atoms with Gasteiger partial charge in [0.2, 0.25) is 0 Å². The van der Waals surface area contributed by atoms with Crippen molar-refractivity contribution in [2.75, 3.05) is 13.1 Å². The molecule has 2 unspecified atom stereocenters. The van der Waals surface area contributed by atoms with E-state index in [1.54, 1.807) is 6.92 Å². The van der Waals surface area contributed by atoms with Crippen molar-refractivity contribution in [3.63, 3.8) is 0 Å². The van der Waals surface area contributed by atoms with Crippen LogP contribution in [0.25, 0.3) is 0 Å². The van der Waals surface area contributed by atoms with Gasteiger partial charge in [0.1, 0.15) is 0 Å². The molecular weight excluding hydrogens is 214 g/mol. The minimum absolute atomic E-state index is 0.0796. The molecule has 1 N–H and O–H groups in total. The highest BCUT2D eigenvalue weighted by molar-refractivity contribution is 5.94. The summed E-state index contributed by atoms with van der Waals surface area (Å²) in [5.74, 6) is 0.298. The average molecular weight is 233 g/mol. The third-order valence-corrected chi connectivity index (χ3v) is 3.45. The first-order chi connectivity index (χ1) is 8.18. The van der Waals surface area contributed by atoms with Gasteiger partial charge in [0.15, 0.2) is 0 Å². The fourth-order valence-corrected chi connectivity index (χ4v) is 2.35. The van der Waals surface area contributed by atoms with Gasteiger partial charge in [-0.2, -0.15) is 0 Å². The zero-order valence-corrected chi connectivity index (χ0v) is 10.2. The molecule has 1 aliphatic heterocycles. The van der Waals surface area contributed by atoms with Crippen molar-refractivity contribution in [1.82, 2.24) is 4.90 Å². The van der Waals surface area contributed by atoms with Gasteiger partial charge in [-0.3, -0.25) is 4.79 Å². The molecule has 92 valence electrons. The third kappa shape index (κ3) is 2.86. The lowest BCUT2D eigenvalue weighted by Gasteiger charge is -2.34. The predicted octanol–water partition coefficient (Wildman–Crippen LogP) is 1.92. The van der Waals surface area contributed by atoms with Gasteiger partial charge < -0.3 is 10.0 Å². The second-order valence-corrected chi connectivity index (χ2v) is 4.76. The van der Waals surface area contributed by atoms with Crippen LogP contribution in [-0.4, -0.2) is 35.1 Å². The van der Waals surface area contributed by atoms with E-state index in [1.165, 1.54) is 0 Å². The first kappa shape index (κ1) is 12.1. The molecule has 0 aliphatic carbocycles. The summed E-state index contributed by atoms with van der Waals surface area (Å²) in [5, 5.41) is 9.61. The van der Waals surface area contributed by atoms with Crippen molar-refractivity contribution in [2.45, 2.75) is 25.9 Å². The quantitative estimate of drug-likeness (QED) is 0.847. The van der Waals surface area contributed by atoms with Crippen LogP contribution in [0.4, 0.5) is 0 Å². The molecule has 1 aromatic carbocycles. The minimum Gasteiger partial charge on any atom is -0.393 e. The molecule has 3 heteroatoms. The number of aliphatic hydroxyl groups is 1. The number of piperidine rings is 1. The number of rotatable bonds is 2. The molecule has 17 heavy (non-hydrogen) atoms. The van der Waals surface area contributed by atoms with Gasteiger partial charge in [-0.25, -0.2) is 0 Å². The Morgan fingerprint density at radius 3 is 2.76 bits per heavy atom. The van der Waals surface area contributed by atoms with Crippen LogP contribution in [0.2, 0.25) is 0 Å². The Morgan fingerprint density at radius 1 is 1.41 bits per heavy atom. The molecule has 1 aromatic rings. The van der Waals surface area contributed by atoms with Gasteiger partial charge in [-0.05, 0) is 31.9 Å². The van der Waals surface area contributed by atoms with E-state index in [-0.39, 0.29) is 17.9 Å². The van der Waals surface area contributed by atoms with E-state index in [0.717, 1.165) is 24.9 Å². The molecule has 1 fully saturated rings. The summed E-state index contributed by atoms with van der Waals surface area (Å²) in [6.45, 7) is 3.28. The second-order valence-electron chi connectivity index (χ2n) is 4.76. The molecule has 0 spiro atoms. The van der Waals surface area contributed by atoms with Gasteiger partial charge in [0.05, 0.1) is 6.10 Å². The van der Waals surface area contributed by atoms with E-state index >= 15 is 0 Å². The summed E-state index contributed by atoms with van der Waals surface area (Å²) in [7, 11) is 0. The molecular formula is C14H19NO2. The van der Waals surface area contributed by atoms with Gasteiger partial charge in [-0.1, -0.05) is 18.2 Å². The van der Waals surface area contributed by atoms with Crippen LogP contribution < -0.4 is 0 Å². The number of aliphatic hydroxyl groups excluding tert-OH is 1. The van der Waals surface area contributed by atoms with E-state index in [4.69, 9.17) is 0 Å². The van der Waals surface area contributed by atoms with Gasteiger partial charge >= 0.3 is 0 Å². The number of hydrogen-bond donors (Lipinski definition) is 1. The molecule has 1 saturated heterocycles. The summed E-state index contributed by atoms with van der Waals surface area (Å²) in [5.41, 5.74) is 0.735. The largest absolute Gasteiger partial charge is 0.393 e. The van der Waals surface area contributed by atoms with Crippen LogP contribution in [0.15, 0.2) is 30.3 Å². The van der Waals surface area contributed by atoms with Crippen LogP contribution >= 0.6 is 0 Å². The molecule has 0 bridgehead atoms. The Balaban J connectivity index is 2.05. The third-order valence-electron chi connectivity index (χ3n) is 3.45. The average Bonchev–Trinajstić information content (AvgIpc) is 2.39. The number of nitrogens with zero attached hydrogens (tertiary/aromatic N) is 1. The van der Waals surface area contributed by atoms with Crippen molar-refractivity contribution >= 4 is 5.91 Å². The van der Waals surface area contributed by atoms with Crippen molar-refractivity contribution in [3.05, 3.63) is 35.9 Å². The number of benzene rings is 1. The zero-order chi connectivity index (χ0) is 12.3. The lowest BCUT2D eigenvalue weighted by molar-refractivity contribution is 0.0466. The van der Waals surface area contributed by atoms with Crippen molar-refractivity contribution in [1.29, 1.82) is 0 Å². The molecule has 0 aromatic heterocycles. The van der Waals surface area contributed by atoms with Crippen LogP contribution in [0.5, 0.6) is 0 Å². The summed E-state index contributed by atoms with van der Waals surface area (Å²) < 4.78 is 0. The van der Waals surface area contributed by atoms with Crippen LogP contribution in [-0.2, 0) is 0 Å². The number of amides is 1. The monoisotopic (exact) mass is 233 g/mol. The topological polar surface area (TPSA) is 40.5 Å². The summed E-state index contributed by atoms with van der Waals surface area (Å²) >= 11 is 0. The number of likely N-dealkylation sites (tertiary alicyclic amines) is 1. The second kappa shape index (κ2) is 5.32. The standard InChI is InChI=1S/C14H19NO2/c1-11(16)13-8-5-9-15(10-13)14(17)12-6-3-2-4-7-12/h2-4,6-7,11,13,16H,5,8-10H2,1H3.